The predicted octanol–water partition coefficient (Wildman–Crippen LogP) is 2.41. The Hall–Kier alpha value is -0.820. The summed E-state index contributed by atoms with van der Waals surface area (Å²) in [4.78, 5) is 3.69. The van der Waals surface area contributed by atoms with Gasteiger partial charge in [0.05, 0.1) is 13.3 Å². The average Bonchev–Trinajstić information content (AvgIpc) is 2.15. The molecule has 0 bridgehead atoms. The van der Waals surface area contributed by atoms with Gasteiger partial charge in [-0.25, -0.2) is 0 Å². The lowest BCUT2D eigenvalue weighted by atomic mass is 10.1. The molecule has 0 fully saturated rings. The van der Waals surface area contributed by atoms with Crippen molar-refractivity contribution >= 4 is 15.9 Å². The molecule has 0 aliphatic carbocycles. The molecule has 7 heteroatoms. The van der Waals surface area contributed by atoms with E-state index < -0.39 is 12.2 Å². The van der Waals surface area contributed by atoms with Gasteiger partial charge in [-0.05, 0) is 15.9 Å². The zero-order chi connectivity index (χ0) is 11.6. The normalized spacial score (nSPS) is 13.7. The first kappa shape index (κ1) is 12.3. The van der Waals surface area contributed by atoms with Gasteiger partial charge in [-0.15, -0.1) is 0 Å². The van der Waals surface area contributed by atoms with E-state index in [1.807, 2.05) is 0 Å². The fourth-order valence-corrected chi connectivity index (χ4v) is 1.62. The molecule has 1 rings (SSSR count). The Balaban J connectivity index is 3.23. The van der Waals surface area contributed by atoms with E-state index in [1.165, 1.54) is 19.5 Å². The molecule has 2 N–H and O–H groups in total. The number of methoxy groups -OCH3 is 1. The lowest BCUT2D eigenvalue weighted by Gasteiger charge is -2.19. The summed E-state index contributed by atoms with van der Waals surface area (Å²) in [7, 11) is 1.26. The first-order valence-corrected chi connectivity index (χ1v) is 4.67. The van der Waals surface area contributed by atoms with E-state index in [9.17, 15) is 13.2 Å². The maximum Gasteiger partial charge on any atom is 0.407 e. The first-order chi connectivity index (χ1) is 6.88. The molecule has 1 aromatic heterocycles. The highest BCUT2D eigenvalue weighted by Gasteiger charge is 2.40. The standard InChI is InChI=1S/C8H8BrF3N2O/c1-15-5-3-14-2-4(9)6(5)7(13)8(10,11)12/h2-3,7H,13H2,1H3. The quantitative estimate of drug-likeness (QED) is 0.907. The first-order valence-electron chi connectivity index (χ1n) is 3.87. The van der Waals surface area contributed by atoms with Crippen LogP contribution >= 0.6 is 15.9 Å². The molecular formula is C8H8BrF3N2O. The lowest BCUT2D eigenvalue weighted by Crippen LogP contribution is -2.29. The van der Waals surface area contributed by atoms with E-state index in [2.05, 4.69) is 20.9 Å². The molecule has 0 aromatic carbocycles. The molecule has 1 aromatic rings. The van der Waals surface area contributed by atoms with Crippen molar-refractivity contribution in [2.24, 2.45) is 5.73 Å². The van der Waals surface area contributed by atoms with Crippen LogP contribution in [0, 0.1) is 0 Å². The number of alkyl halides is 3. The van der Waals surface area contributed by atoms with Gasteiger partial charge in [0.25, 0.3) is 0 Å². The molecule has 0 spiro atoms. The van der Waals surface area contributed by atoms with Gasteiger partial charge in [0.2, 0.25) is 0 Å². The number of hydrogen-bond acceptors (Lipinski definition) is 3. The van der Waals surface area contributed by atoms with Gasteiger partial charge < -0.3 is 10.5 Å². The molecule has 0 aliphatic heterocycles. The Kier molecular flexibility index (Phi) is 3.56. The van der Waals surface area contributed by atoms with E-state index in [1.54, 1.807) is 0 Å². The molecule has 0 amide bonds. The van der Waals surface area contributed by atoms with Crippen molar-refractivity contribution in [1.82, 2.24) is 4.98 Å². The van der Waals surface area contributed by atoms with E-state index in [4.69, 9.17) is 10.5 Å². The van der Waals surface area contributed by atoms with Gasteiger partial charge in [-0.3, -0.25) is 4.98 Å². The van der Waals surface area contributed by atoms with E-state index in [0.717, 1.165) is 0 Å². The number of nitrogens with two attached hydrogens (primary N) is 1. The largest absolute Gasteiger partial charge is 0.495 e. The third kappa shape index (κ3) is 2.60. The predicted molar refractivity (Wildman–Crippen MR) is 51.5 cm³/mol. The van der Waals surface area contributed by atoms with Crippen molar-refractivity contribution in [3.8, 4) is 5.75 Å². The summed E-state index contributed by atoms with van der Waals surface area (Å²) >= 11 is 2.96. The highest BCUT2D eigenvalue weighted by Crippen LogP contribution is 2.38. The Morgan fingerprint density at radius 3 is 2.53 bits per heavy atom. The average molecular weight is 285 g/mol. The SMILES string of the molecule is COc1cncc(Br)c1C(N)C(F)(F)F. The third-order valence-electron chi connectivity index (χ3n) is 1.79. The molecule has 0 saturated carbocycles. The number of halogens is 4. The lowest BCUT2D eigenvalue weighted by molar-refractivity contribution is -0.149. The maximum atomic E-state index is 12.4. The van der Waals surface area contributed by atoms with Gasteiger partial charge in [-0.2, -0.15) is 13.2 Å². The minimum atomic E-state index is -4.52. The van der Waals surface area contributed by atoms with Gasteiger partial charge in [0.15, 0.2) is 0 Å². The van der Waals surface area contributed by atoms with E-state index >= 15 is 0 Å². The molecule has 0 radical (unpaired) electrons. The van der Waals surface area contributed by atoms with Crippen molar-refractivity contribution in [3.05, 3.63) is 22.4 Å². The molecule has 0 aliphatic rings. The Morgan fingerprint density at radius 2 is 2.07 bits per heavy atom. The van der Waals surface area contributed by atoms with Crippen LogP contribution in [0.5, 0.6) is 5.75 Å². The highest BCUT2D eigenvalue weighted by atomic mass is 79.9. The number of aromatic nitrogens is 1. The summed E-state index contributed by atoms with van der Waals surface area (Å²) in [6, 6.07) is -2.09. The summed E-state index contributed by atoms with van der Waals surface area (Å²) in [5.41, 5.74) is 4.93. The van der Waals surface area contributed by atoms with Gasteiger partial charge in [0.1, 0.15) is 11.8 Å². The number of pyridine rings is 1. The molecule has 84 valence electrons. The minimum absolute atomic E-state index is 0.00852. The van der Waals surface area contributed by atoms with Crippen LogP contribution in [0.2, 0.25) is 0 Å². The monoisotopic (exact) mass is 284 g/mol. The second-order valence-electron chi connectivity index (χ2n) is 2.76. The molecule has 1 unspecified atom stereocenters. The number of hydrogen-bond donors (Lipinski definition) is 1. The van der Waals surface area contributed by atoms with Gasteiger partial charge in [-0.1, -0.05) is 0 Å². The van der Waals surface area contributed by atoms with Crippen LogP contribution < -0.4 is 10.5 Å². The summed E-state index contributed by atoms with van der Waals surface area (Å²) in [5.74, 6) is 0.00852. The van der Waals surface area contributed by atoms with Crippen molar-refractivity contribution in [2.45, 2.75) is 12.2 Å². The van der Waals surface area contributed by atoms with Crippen molar-refractivity contribution < 1.29 is 17.9 Å². The summed E-state index contributed by atoms with van der Waals surface area (Å²) in [6.45, 7) is 0. The van der Waals surface area contributed by atoms with Gasteiger partial charge >= 0.3 is 6.18 Å². The van der Waals surface area contributed by atoms with Crippen LogP contribution in [-0.2, 0) is 0 Å². The fraction of sp³-hybridized carbons (Fsp3) is 0.375. The van der Waals surface area contributed by atoms with Gasteiger partial charge in [0, 0.05) is 16.2 Å². The molecule has 1 heterocycles. The van der Waals surface area contributed by atoms with Crippen LogP contribution in [0.1, 0.15) is 11.6 Å². The molecule has 1 atom stereocenters. The third-order valence-corrected chi connectivity index (χ3v) is 2.42. The zero-order valence-electron chi connectivity index (χ0n) is 7.68. The molecule has 3 nitrogen and oxygen atoms in total. The Morgan fingerprint density at radius 1 is 1.47 bits per heavy atom. The maximum absolute atomic E-state index is 12.4. The summed E-state index contributed by atoms with van der Waals surface area (Å²) in [6.07, 6.45) is -2.09. The minimum Gasteiger partial charge on any atom is -0.495 e. The topological polar surface area (TPSA) is 48.1 Å². The van der Waals surface area contributed by atoms with Crippen molar-refractivity contribution in [2.75, 3.05) is 7.11 Å². The number of rotatable bonds is 2. The Bertz CT molecular complexity index is 356. The van der Waals surface area contributed by atoms with E-state index in [-0.39, 0.29) is 15.8 Å². The second kappa shape index (κ2) is 4.36. The van der Waals surface area contributed by atoms with Crippen molar-refractivity contribution in [1.29, 1.82) is 0 Å². The zero-order valence-corrected chi connectivity index (χ0v) is 9.26. The summed E-state index contributed by atoms with van der Waals surface area (Å²) < 4.78 is 42.2. The van der Waals surface area contributed by atoms with Crippen LogP contribution in [0.3, 0.4) is 0 Å². The van der Waals surface area contributed by atoms with Crippen LogP contribution in [0.4, 0.5) is 13.2 Å². The number of ether oxygens (including phenoxy) is 1. The smallest absolute Gasteiger partial charge is 0.407 e. The van der Waals surface area contributed by atoms with Crippen LogP contribution in [-0.4, -0.2) is 18.3 Å². The fourth-order valence-electron chi connectivity index (χ4n) is 1.06. The Labute approximate surface area is 92.6 Å². The van der Waals surface area contributed by atoms with E-state index in [0.29, 0.717) is 0 Å². The highest BCUT2D eigenvalue weighted by molar-refractivity contribution is 9.10. The second-order valence-corrected chi connectivity index (χ2v) is 3.61. The summed E-state index contributed by atoms with van der Waals surface area (Å²) in [5, 5.41) is 0. The molecule has 0 saturated heterocycles. The van der Waals surface area contributed by atoms with Crippen molar-refractivity contribution in [3.63, 3.8) is 0 Å². The number of nitrogens with zero attached hydrogens (tertiary/aromatic N) is 1. The molecule has 15 heavy (non-hydrogen) atoms. The van der Waals surface area contributed by atoms with Crippen LogP contribution in [0.25, 0.3) is 0 Å². The molecular weight excluding hydrogens is 277 g/mol. The van der Waals surface area contributed by atoms with Crippen LogP contribution in [0.15, 0.2) is 16.9 Å².